The number of rotatable bonds is 8. The molecule has 3 aromatic rings. The Bertz CT molecular complexity index is 874. The normalized spacial score (nSPS) is 10.8. The first-order chi connectivity index (χ1) is 12.6. The molecule has 2 aromatic carbocycles. The lowest BCUT2D eigenvalue weighted by atomic mass is 10.2. The van der Waals surface area contributed by atoms with Crippen molar-refractivity contribution in [1.29, 1.82) is 0 Å². The van der Waals surface area contributed by atoms with Gasteiger partial charge in [0.15, 0.2) is 11.5 Å². The van der Waals surface area contributed by atoms with Gasteiger partial charge in [-0.05, 0) is 55.3 Å². The van der Waals surface area contributed by atoms with E-state index in [4.69, 9.17) is 9.15 Å². The SMILES string of the molecule is Cc1ccc2oc(CCCC(=O)NCCOc3ccc(F)cc3)nc2c1. The summed E-state index contributed by atoms with van der Waals surface area (Å²) in [5.74, 6) is 0.879. The molecule has 0 aliphatic heterocycles. The molecule has 1 heterocycles. The molecule has 0 fully saturated rings. The molecule has 1 amide bonds. The maximum absolute atomic E-state index is 12.8. The Morgan fingerprint density at radius 1 is 1.23 bits per heavy atom. The first kappa shape index (κ1) is 17.9. The van der Waals surface area contributed by atoms with Crippen molar-refractivity contribution in [2.75, 3.05) is 13.2 Å². The fourth-order valence-electron chi connectivity index (χ4n) is 2.57. The molecular weight excluding hydrogens is 335 g/mol. The first-order valence-corrected chi connectivity index (χ1v) is 8.61. The van der Waals surface area contributed by atoms with E-state index in [0.717, 1.165) is 16.7 Å². The molecule has 0 bridgehead atoms. The largest absolute Gasteiger partial charge is 0.492 e. The number of aromatic nitrogens is 1. The van der Waals surface area contributed by atoms with E-state index in [1.54, 1.807) is 12.1 Å². The minimum Gasteiger partial charge on any atom is -0.492 e. The summed E-state index contributed by atoms with van der Waals surface area (Å²) in [5.41, 5.74) is 2.76. The number of carbonyl (C=O) groups is 1. The van der Waals surface area contributed by atoms with Crippen LogP contribution in [0.1, 0.15) is 24.3 Å². The van der Waals surface area contributed by atoms with Crippen molar-refractivity contribution < 1.29 is 18.3 Å². The topological polar surface area (TPSA) is 64.4 Å². The Morgan fingerprint density at radius 2 is 2.04 bits per heavy atom. The highest BCUT2D eigenvalue weighted by molar-refractivity contribution is 5.76. The lowest BCUT2D eigenvalue weighted by Crippen LogP contribution is -2.27. The van der Waals surface area contributed by atoms with Gasteiger partial charge < -0.3 is 14.5 Å². The van der Waals surface area contributed by atoms with E-state index < -0.39 is 0 Å². The van der Waals surface area contributed by atoms with Crippen molar-refractivity contribution in [2.24, 2.45) is 0 Å². The molecule has 1 N–H and O–H groups in total. The van der Waals surface area contributed by atoms with Crippen LogP contribution in [0.25, 0.3) is 11.1 Å². The van der Waals surface area contributed by atoms with Crippen LogP contribution in [-0.2, 0) is 11.2 Å². The molecule has 0 spiro atoms. The van der Waals surface area contributed by atoms with Crippen molar-refractivity contribution in [3.05, 3.63) is 59.7 Å². The zero-order valence-electron chi connectivity index (χ0n) is 14.6. The van der Waals surface area contributed by atoms with E-state index in [0.29, 0.717) is 44.1 Å². The molecule has 0 radical (unpaired) electrons. The lowest BCUT2D eigenvalue weighted by Gasteiger charge is -2.07. The van der Waals surface area contributed by atoms with Crippen LogP contribution < -0.4 is 10.1 Å². The van der Waals surface area contributed by atoms with Crippen LogP contribution in [0.4, 0.5) is 4.39 Å². The van der Waals surface area contributed by atoms with Gasteiger partial charge in [0, 0.05) is 12.8 Å². The predicted molar refractivity (Wildman–Crippen MR) is 96.6 cm³/mol. The van der Waals surface area contributed by atoms with E-state index in [1.807, 2.05) is 25.1 Å². The monoisotopic (exact) mass is 356 g/mol. The average molecular weight is 356 g/mol. The minimum absolute atomic E-state index is 0.0420. The average Bonchev–Trinajstić information content (AvgIpc) is 3.02. The van der Waals surface area contributed by atoms with Crippen molar-refractivity contribution in [3.63, 3.8) is 0 Å². The number of ether oxygens (including phenoxy) is 1. The zero-order chi connectivity index (χ0) is 18.4. The maximum Gasteiger partial charge on any atom is 0.220 e. The molecule has 5 nitrogen and oxygen atoms in total. The smallest absolute Gasteiger partial charge is 0.220 e. The Balaban J connectivity index is 1.34. The first-order valence-electron chi connectivity index (χ1n) is 8.61. The van der Waals surface area contributed by atoms with Crippen LogP contribution in [0, 0.1) is 12.7 Å². The number of hydrogen-bond acceptors (Lipinski definition) is 4. The number of carbonyl (C=O) groups excluding carboxylic acids is 1. The van der Waals surface area contributed by atoms with Crippen molar-refractivity contribution >= 4 is 17.0 Å². The summed E-state index contributed by atoms with van der Waals surface area (Å²) in [6, 6.07) is 11.7. The lowest BCUT2D eigenvalue weighted by molar-refractivity contribution is -0.121. The summed E-state index contributed by atoms with van der Waals surface area (Å²) in [6.07, 6.45) is 1.68. The van der Waals surface area contributed by atoms with Crippen LogP contribution in [-0.4, -0.2) is 24.0 Å². The summed E-state index contributed by atoms with van der Waals surface area (Å²) in [7, 11) is 0. The number of nitrogens with one attached hydrogen (secondary N) is 1. The van der Waals surface area contributed by atoms with Gasteiger partial charge in [-0.15, -0.1) is 0 Å². The quantitative estimate of drug-likeness (QED) is 0.624. The Kier molecular flexibility index (Phi) is 5.84. The highest BCUT2D eigenvalue weighted by atomic mass is 19.1. The molecule has 0 aliphatic carbocycles. The Hall–Kier alpha value is -2.89. The summed E-state index contributed by atoms with van der Waals surface area (Å²) in [5, 5.41) is 2.80. The number of benzene rings is 2. The fourth-order valence-corrected chi connectivity index (χ4v) is 2.57. The van der Waals surface area contributed by atoms with E-state index in [1.165, 1.54) is 12.1 Å². The number of hydrogen-bond donors (Lipinski definition) is 1. The van der Waals surface area contributed by atoms with Gasteiger partial charge in [-0.1, -0.05) is 6.07 Å². The van der Waals surface area contributed by atoms with Crippen LogP contribution in [0.5, 0.6) is 5.75 Å². The molecule has 26 heavy (non-hydrogen) atoms. The second-order valence-electron chi connectivity index (χ2n) is 6.08. The number of nitrogens with zero attached hydrogens (tertiary/aromatic N) is 1. The van der Waals surface area contributed by atoms with E-state index in [9.17, 15) is 9.18 Å². The van der Waals surface area contributed by atoms with E-state index in [-0.39, 0.29) is 11.7 Å². The molecular formula is C20H21FN2O3. The summed E-state index contributed by atoms with van der Waals surface area (Å²) < 4.78 is 23.9. The minimum atomic E-state index is -0.306. The molecule has 0 unspecified atom stereocenters. The molecule has 136 valence electrons. The van der Waals surface area contributed by atoms with Crippen LogP contribution in [0.2, 0.25) is 0 Å². The molecule has 0 atom stereocenters. The molecule has 1 aromatic heterocycles. The Labute approximate surface area is 151 Å². The van der Waals surface area contributed by atoms with Gasteiger partial charge >= 0.3 is 0 Å². The van der Waals surface area contributed by atoms with Gasteiger partial charge in [0.1, 0.15) is 23.7 Å². The number of fused-ring (bicyclic) bond motifs is 1. The van der Waals surface area contributed by atoms with Crippen LogP contribution in [0.15, 0.2) is 46.9 Å². The van der Waals surface area contributed by atoms with Gasteiger partial charge in [0.2, 0.25) is 5.91 Å². The van der Waals surface area contributed by atoms with Gasteiger partial charge in [0.05, 0.1) is 6.54 Å². The van der Waals surface area contributed by atoms with Crippen LogP contribution >= 0.6 is 0 Å². The summed E-state index contributed by atoms with van der Waals surface area (Å²) >= 11 is 0. The van der Waals surface area contributed by atoms with Crippen molar-refractivity contribution in [3.8, 4) is 5.75 Å². The second-order valence-corrected chi connectivity index (χ2v) is 6.08. The molecule has 0 saturated heterocycles. The number of aryl methyl sites for hydroxylation is 2. The third kappa shape index (κ3) is 5.05. The second kappa shape index (κ2) is 8.47. The van der Waals surface area contributed by atoms with Crippen molar-refractivity contribution in [2.45, 2.75) is 26.2 Å². The number of halogens is 1. The third-order valence-electron chi connectivity index (χ3n) is 3.89. The Morgan fingerprint density at radius 3 is 2.85 bits per heavy atom. The van der Waals surface area contributed by atoms with Gasteiger partial charge in [-0.25, -0.2) is 9.37 Å². The third-order valence-corrected chi connectivity index (χ3v) is 3.89. The molecule has 0 saturated carbocycles. The standard InChI is InChI=1S/C20H21FN2O3/c1-14-5-10-18-17(13-14)23-20(26-18)4-2-3-19(24)22-11-12-25-16-8-6-15(21)7-9-16/h5-10,13H,2-4,11-12H2,1H3,(H,22,24). The highest BCUT2D eigenvalue weighted by Crippen LogP contribution is 2.18. The molecule has 0 aliphatic rings. The molecule has 6 heteroatoms. The zero-order valence-corrected chi connectivity index (χ0v) is 14.6. The predicted octanol–water partition coefficient (Wildman–Crippen LogP) is 3.79. The summed E-state index contributed by atoms with van der Waals surface area (Å²) in [6.45, 7) is 2.75. The van der Waals surface area contributed by atoms with E-state index >= 15 is 0 Å². The van der Waals surface area contributed by atoms with Crippen molar-refractivity contribution in [1.82, 2.24) is 10.3 Å². The van der Waals surface area contributed by atoms with Crippen LogP contribution in [0.3, 0.4) is 0 Å². The fraction of sp³-hybridized carbons (Fsp3) is 0.300. The maximum atomic E-state index is 12.8. The summed E-state index contributed by atoms with van der Waals surface area (Å²) in [4.78, 5) is 16.3. The molecule has 3 rings (SSSR count). The van der Waals surface area contributed by atoms with Gasteiger partial charge in [-0.2, -0.15) is 0 Å². The number of amides is 1. The highest BCUT2D eigenvalue weighted by Gasteiger charge is 2.07. The van der Waals surface area contributed by atoms with E-state index in [2.05, 4.69) is 10.3 Å². The van der Waals surface area contributed by atoms with Gasteiger partial charge in [0.25, 0.3) is 0 Å². The number of oxazole rings is 1. The van der Waals surface area contributed by atoms with Gasteiger partial charge in [-0.3, -0.25) is 4.79 Å².